The lowest BCUT2D eigenvalue weighted by atomic mass is 10.2. The summed E-state index contributed by atoms with van der Waals surface area (Å²) in [6.07, 6.45) is 0. The predicted molar refractivity (Wildman–Crippen MR) is 78.1 cm³/mol. The van der Waals surface area contributed by atoms with Crippen molar-refractivity contribution in [3.63, 3.8) is 0 Å². The highest BCUT2D eigenvalue weighted by Crippen LogP contribution is 2.24. The maximum Gasteiger partial charge on any atom is 0.263 e. The minimum absolute atomic E-state index is 0.0322. The van der Waals surface area contributed by atoms with Crippen molar-refractivity contribution in [2.24, 2.45) is 0 Å². The number of rotatable bonds is 3. The van der Waals surface area contributed by atoms with Gasteiger partial charge in [0.25, 0.3) is 10.0 Å². The first-order valence-electron chi connectivity index (χ1n) is 5.69. The number of nitrogens with zero attached hydrogens (tertiary/aromatic N) is 2. The highest BCUT2D eigenvalue weighted by molar-refractivity contribution is 7.92. The first-order chi connectivity index (χ1) is 9.96. The fourth-order valence-electron chi connectivity index (χ4n) is 1.61. The number of hydrogen-bond donors (Lipinski definition) is 1. The minimum atomic E-state index is -3.86. The summed E-state index contributed by atoms with van der Waals surface area (Å²) < 4.78 is 26.8. The Balaban J connectivity index is 2.34. The summed E-state index contributed by atoms with van der Waals surface area (Å²) in [4.78, 5) is -0.118. The molecule has 7 heteroatoms. The lowest BCUT2D eigenvalue weighted by Gasteiger charge is -2.09. The zero-order chi connectivity index (χ0) is 15.5. The molecule has 0 bridgehead atoms. The fourth-order valence-corrected chi connectivity index (χ4v) is 3.22. The Kier molecular flexibility index (Phi) is 4.13. The lowest BCUT2D eigenvalue weighted by Crippen LogP contribution is -2.13. The normalized spacial score (nSPS) is 10.4. The summed E-state index contributed by atoms with van der Waals surface area (Å²) in [6.45, 7) is 0. The molecule has 5 nitrogen and oxygen atoms in total. The van der Waals surface area contributed by atoms with E-state index in [0.717, 1.165) is 0 Å². The Bertz CT molecular complexity index is 863. The Morgan fingerprint density at radius 3 is 2.05 bits per heavy atom. The van der Waals surface area contributed by atoms with Gasteiger partial charge in [0.2, 0.25) is 0 Å². The summed E-state index contributed by atoms with van der Waals surface area (Å²) in [7, 11) is -3.86. The first kappa shape index (κ1) is 14.9. The van der Waals surface area contributed by atoms with Crippen LogP contribution in [0.5, 0.6) is 0 Å². The molecule has 104 valence electrons. The zero-order valence-corrected chi connectivity index (χ0v) is 12.1. The molecule has 21 heavy (non-hydrogen) atoms. The Morgan fingerprint density at radius 1 is 0.952 bits per heavy atom. The van der Waals surface area contributed by atoms with E-state index in [4.69, 9.17) is 22.1 Å². The molecule has 0 atom stereocenters. The van der Waals surface area contributed by atoms with E-state index in [1.54, 1.807) is 0 Å². The average molecular weight is 318 g/mol. The molecule has 0 aromatic heterocycles. The van der Waals surface area contributed by atoms with Gasteiger partial charge in [-0.1, -0.05) is 11.6 Å². The van der Waals surface area contributed by atoms with Crippen LogP contribution in [0.2, 0.25) is 5.02 Å². The van der Waals surface area contributed by atoms with Gasteiger partial charge in [-0.3, -0.25) is 4.72 Å². The maximum atomic E-state index is 12.2. The third kappa shape index (κ3) is 3.32. The van der Waals surface area contributed by atoms with Gasteiger partial charge in [-0.2, -0.15) is 10.5 Å². The SMILES string of the molecule is N#Cc1ccc(NS(=O)(=O)c2ccc(C#N)cc2Cl)cc1. The van der Waals surface area contributed by atoms with E-state index in [1.165, 1.54) is 42.5 Å². The second-order valence-corrected chi connectivity index (χ2v) is 6.11. The van der Waals surface area contributed by atoms with Gasteiger partial charge < -0.3 is 0 Å². The predicted octanol–water partition coefficient (Wildman–Crippen LogP) is 2.88. The average Bonchev–Trinajstić information content (AvgIpc) is 2.47. The molecule has 1 N–H and O–H groups in total. The summed E-state index contributed by atoms with van der Waals surface area (Å²) in [5.41, 5.74) is 1.01. The van der Waals surface area contributed by atoms with E-state index in [-0.39, 0.29) is 15.5 Å². The van der Waals surface area contributed by atoms with E-state index < -0.39 is 10.0 Å². The van der Waals surface area contributed by atoms with Crippen LogP contribution in [-0.4, -0.2) is 8.42 Å². The maximum absolute atomic E-state index is 12.2. The van der Waals surface area contributed by atoms with Crippen LogP contribution in [0.4, 0.5) is 5.69 Å². The molecule has 2 aromatic rings. The number of nitriles is 2. The third-order valence-electron chi connectivity index (χ3n) is 2.62. The molecule has 0 saturated heterocycles. The molecule has 0 unspecified atom stereocenters. The van der Waals surface area contributed by atoms with Gasteiger partial charge in [0.15, 0.2) is 0 Å². The molecule has 2 aromatic carbocycles. The molecule has 0 aliphatic rings. The molecule has 0 aliphatic carbocycles. The van der Waals surface area contributed by atoms with Gasteiger partial charge in [-0.15, -0.1) is 0 Å². The van der Waals surface area contributed by atoms with Gasteiger partial charge >= 0.3 is 0 Å². The van der Waals surface area contributed by atoms with Crippen LogP contribution in [0.1, 0.15) is 11.1 Å². The highest BCUT2D eigenvalue weighted by atomic mass is 35.5. The topological polar surface area (TPSA) is 93.8 Å². The van der Waals surface area contributed by atoms with Gasteiger partial charge in [-0.25, -0.2) is 8.42 Å². The molecule has 0 amide bonds. The zero-order valence-electron chi connectivity index (χ0n) is 10.5. The minimum Gasteiger partial charge on any atom is -0.280 e. The summed E-state index contributed by atoms with van der Waals surface area (Å²) in [6, 6.07) is 13.7. The summed E-state index contributed by atoms with van der Waals surface area (Å²) in [5.74, 6) is 0. The standard InChI is InChI=1S/C14H8ClN3O2S/c15-13-7-11(9-17)3-6-14(13)21(19,20)18-12-4-1-10(8-16)2-5-12/h1-7,18H. The Hall–Kier alpha value is -2.54. The summed E-state index contributed by atoms with van der Waals surface area (Å²) in [5, 5.41) is 17.4. The van der Waals surface area contributed by atoms with Crippen LogP contribution < -0.4 is 4.72 Å². The fraction of sp³-hybridized carbons (Fsp3) is 0. The summed E-state index contributed by atoms with van der Waals surface area (Å²) >= 11 is 5.89. The van der Waals surface area contributed by atoms with Crippen molar-refractivity contribution in [3.8, 4) is 12.1 Å². The molecule has 0 saturated carbocycles. The van der Waals surface area contributed by atoms with Crippen LogP contribution in [0.15, 0.2) is 47.4 Å². The van der Waals surface area contributed by atoms with Crippen molar-refractivity contribution in [3.05, 3.63) is 58.6 Å². The largest absolute Gasteiger partial charge is 0.280 e. The number of nitrogens with one attached hydrogen (secondary N) is 1. The van der Waals surface area contributed by atoms with Crippen molar-refractivity contribution in [1.29, 1.82) is 10.5 Å². The van der Waals surface area contributed by atoms with E-state index in [1.807, 2.05) is 12.1 Å². The number of benzene rings is 2. The van der Waals surface area contributed by atoms with Gasteiger partial charge in [0.05, 0.1) is 28.3 Å². The number of sulfonamides is 1. The smallest absolute Gasteiger partial charge is 0.263 e. The molecule has 0 fully saturated rings. The van der Waals surface area contributed by atoms with Crippen LogP contribution in [0, 0.1) is 22.7 Å². The van der Waals surface area contributed by atoms with Gasteiger partial charge in [0.1, 0.15) is 4.90 Å². The highest BCUT2D eigenvalue weighted by Gasteiger charge is 2.18. The van der Waals surface area contributed by atoms with Crippen molar-refractivity contribution >= 4 is 27.3 Å². The number of hydrogen-bond acceptors (Lipinski definition) is 4. The molecular weight excluding hydrogens is 310 g/mol. The van der Waals surface area contributed by atoms with Crippen LogP contribution in [0.3, 0.4) is 0 Å². The van der Waals surface area contributed by atoms with Crippen LogP contribution in [-0.2, 0) is 10.0 Å². The molecular formula is C14H8ClN3O2S. The Labute approximate surface area is 127 Å². The monoisotopic (exact) mass is 317 g/mol. The molecule has 0 spiro atoms. The number of anilines is 1. The Morgan fingerprint density at radius 2 is 1.52 bits per heavy atom. The lowest BCUT2D eigenvalue weighted by molar-refractivity contribution is 0.601. The van der Waals surface area contributed by atoms with E-state index in [2.05, 4.69) is 4.72 Å². The quantitative estimate of drug-likeness (QED) is 0.941. The van der Waals surface area contributed by atoms with E-state index >= 15 is 0 Å². The van der Waals surface area contributed by atoms with Crippen molar-refractivity contribution < 1.29 is 8.42 Å². The molecule has 2 rings (SSSR count). The molecule has 0 aliphatic heterocycles. The van der Waals surface area contributed by atoms with E-state index in [0.29, 0.717) is 11.3 Å². The van der Waals surface area contributed by atoms with Crippen LogP contribution >= 0.6 is 11.6 Å². The third-order valence-corrected chi connectivity index (χ3v) is 4.48. The molecule has 0 radical (unpaired) electrons. The van der Waals surface area contributed by atoms with Crippen molar-refractivity contribution in [2.45, 2.75) is 4.90 Å². The van der Waals surface area contributed by atoms with Crippen molar-refractivity contribution in [2.75, 3.05) is 4.72 Å². The van der Waals surface area contributed by atoms with Gasteiger partial charge in [-0.05, 0) is 42.5 Å². The number of halogens is 1. The van der Waals surface area contributed by atoms with Gasteiger partial charge in [0, 0.05) is 5.69 Å². The molecule has 0 heterocycles. The van der Waals surface area contributed by atoms with E-state index in [9.17, 15) is 8.42 Å². The first-order valence-corrected chi connectivity index (χ1v) is 7.55. The second kappa shape index (κ2) is 5.84. The van der Waals surface area contributed by atoms with Crippen molar-refractivity contribution in [1.82, 2.24) is 0 Å². The van der Waals surface area contributed by atoms with Crippen LogP contribution in [0.25, 0.3) is 0 Å². The second-order valence-electron chi connectivity index (χ2n) is 4.05.